The highest BCUT2D eigenvalue weighted by Crippen LogP contribution is 2.28. The highest BCUT2D eigenvalue weighted by atomic mass is 32.1. The van der Waals surface area contributed by atoms with Gasteiger partial charge in [0.1, 0.15) is 0 Å². The number of carbonyl (C=O) groups is 2. The van der Waals surface area contributed by atoms with E-state index in [1.165, 1.54) is 22.5 Å². The zero-order valence-corrected chi connectivity index (χ0v) is 20.4. The third-order valence-electron chi connectivity index (χ3n) is 6.00. The van der Waals surface area contributed by atoms with Crippen molar-refractivity contribution in [1.82, 2.24) is 15.2 Å². The minimum absolute atomic E-state index is 0.174. The summed E-state index contributed by atoms with van der Waals surface area (Å²) in [5.41, 5.74) is 4.78. The molecule has 0 aliphatic carbocycles. The Labute approximate surface area is 207 Å². The fourth-order valence-electron chi connectivity index (χ4n) is 4.14. The van der Waals surface area contributed by atoms with Crippen molar-refractivity contribution in [2.45, 2.75) is 26.4 Å². The fourth-order valence-corrected chi connectivity index (χ4v) is 5.01. The molecule has 0 spiro atoms. The summed E-state index contributed by atoms with van der Waals surface area (Å²) in [6, 6.07) is 17.0. The summed E-state index contributed by atoms with van der Waals surface area (Å²) in [5.74, 6) is 0.887. The van der Waals surface area contributed by atoms with Crippen LogP contribution < -0.4 is 10.6 Å². The molecule has 8 heteroatoms. The largest absolute Gasteiger partial charge is 0.440 e. The first-order valence-electron chi connectivity index (χ1n) is 11.5. The SMILES string of the molecule is Cc1ncc(-c2ccc(C(=O)NCc3cccc(C(=O)Nc4ccc5c(c4)CN(C)CC5)c3)s2)o1. The first-order valence-corrected chi connectivity index (χ1v) is 12.3. The van der Waals surface area contributed by atoms with Gasteiger partial charge in [-0.2, -0.15) is 0 Å². The molecule has 0 fully saturated rings. The van der Waals surface area contributed by atoms with Crippen LogP contribution in [0.2, 0.25) is 0 Å². The third-order valence-corrected chi connectivity index (χ3v) is 7.10. The van der Waals surface area contributed by atoms with Gasteiger partial charge in [0.05, 0.1) is 16.0 Å². The molecule has 1 aliphatic rings. The van der Waals surface area contributed by atoms with Gasteiger partial charge in [-0.15, -0.1) is 11.3 Å². The Morgan fingerprint density at radius 3 is 2.80 bits per heavy atom. The van der Waals surface area contributed by atoms with Crippen molar-refractivity contribution in [2.24, 2.45) is 0 Å². The Morgan fingerprint density at radius 2 is 1.97 bits per heavy atom. The van der Waals surface area contributed by atoms with Crippen molar-refractivity contribution in [1.29, 1.82) is 0 Å². The molecule has 35 heavy (non-hydrogen) atoms. The maximum atomic E-state index is 12.9. The van der Waals surface area contributed by atoms with Crippen LogP contribution in [-0.2, 0) is 19.5 Å². The predicted molar refractivity (Wildman–Crippen MR) is 137 cm³/mol. The monoisotopic (exact) mass is 486 g/mol. The lowest BCUT2D eigenvalue weighted by Gasteiger charge is -2.25. The quantitative estimate of drug-likeness (QED) is 0.406. The molecule has 5 rings (SSSR count). The topological polar surface area (TPSA) is 87.5 Å². The molecule has 4 aromatic rings. The summed E-state index contributed by atoms with van der Waals surface area (Å²) in [6.07, 6.45) is 2.68. The number of benzene rings is 2. The number of nitrogens with one attached hydrogen (secondary N) is 2. The molecule has 0 saturated carbocycles. The van der Waals surface area contributed by atoms with Crippen molar-refractivity contribution < 1.29 is 14.0 Å². The zero-order valence-electron chi connectivity index (χ0n) is 19.6. The summed E-state index contributed by atoms with van der Waals surface area (Å²) in [4.78, 5) is 33.3. The third kappa shape index (κ3) is 5.34. The van der Waals surface area contributed by atoms with Gasteiger partial charge in [-0.1, -0.05) is 18.2 Å². The molecule has 0 saturated heterocycles. The fraction of sp³-hybridized carbons (Fsp3) is 0.222. The number of aryl methyl sites for hydroxylation is 1. The van der Waals surface area contributed by atoms with Crippen molar-refractivity contribution >= 4 is 28.8 Å². The number of hydrogen-bond acceptors (Lipinski definition) is 6. The van der Waals surface area contributed by atoms with Gasteiger partial charge in [0, 0.05) is 37.8 Å². The van der Waals surface area contributed by atoms with Gasteiger partial charge >= 0.3 is 0 Å². The highest BCUT2D eigenvalue weighted by Gasteiger charge is 2.15. The van der Waals surface area contributed by atoms with Gasteiger partial charge in [-0.3, -0.25) is 9.59 Å². The molecule has 2 aromatic heterocycles. The first kappa shape index (κ1) is 23.0. The number of hydrogen-bond donors (Lipinski definition) is 2. The lowest BCUT2D eigenvalue weighted by Crippen LogP contribution is -2.26. The van der Waals surface area contributed by atoms with Gasteiger partial charge < -0.3 is 20.0 Å². The molecule has 178 valence electrons. The number of carbonyl (C=O) groups excluding carboxylic acids is 2. The second-order valence-electron chi connectivity index (χ2n) is 8.72. The molecule has 7 nitrogen and oxygen atoms in total. The average molecular weight is 487 g/mol. The van der Waals surface area contributed by atoms with Gasteiger partial charge in [-0.05, 0) is 66.6 Å². The number of oxazole rings is 1. The summed E-state index contributed by atoms with van der Waals surface area (Å²) in [5, 5.41) is 5.93. The summed E-state index contributed by atoms with van der Waals surface area (Å²) in [7, 11) is 2.10. The van der Waals surface area contributed by atoms with E-state index >= 15 is 0 Å². The van der Waals surface area contributed by atoms with Crippen LogP contribution in [0, 0.1) is 6.92 Å². The van der Waals surface area contributed by atoms with E-state index in [1.807, 2.05) is 24.3 Å². The maximum Gasteiger partial charge on any atom is 0.261 e. The molecule has 0 atom stereocenters. The standard InChI is InChI=1S/C27H26N4O3S/c1-17-28-15-23(34-17)24-8-9-25(35-24)27(33)29-14-18-4-3-5-20(12-18)26(32)30-22-7-6-19-10-11-31(2)16-21(19)13-22/h3-9,12-13,15H,10-11,14,16H2,1-2H3,(H,29,33)(H,30,32). The normalized spacial score (nSPS) is 13.3. The predicted octanol–water partition coefficient (Wildman–Crippen LogP) is 4.88. The number of rotatable bonds is 6. The van der Waals surface area contributed by atoms with Gasteiger partial charge in [0.2, 0.25) is 0 Å². The van der Waals surface area contributed by atoms with Crippen LogP contribution in [0.3, 0.4) is 0 Å². The van der Waals surface area contributed by atoms with E-state index < -0.39 is 0 Å². The molecular formula is C27H26N4O3S. The Balaban J connectivity index is 1.21. The van der Waals surface area contributed by atoms with Crippen molar-refractivity contribution in [2.75, 3.05) is 18.9 Å². The minimum Gasteiger partial charge on any atom is -0.440 e. The number of anilines is 1. The number of amides is 2. The maximum absolute atomic E-state index is 12.9. The van der Waals surface area contributed by atoms with Crippen molar-refractivity contribution in [3.05, 3.63) is 93.8 Å². The average Bonchev–Trinajstić information content (AvgIpc) is 3.52. The van der Waals surface area contributed by atoms with E-state index in [9.17, 15) is 9.59 Å². The van der Waals surface area contributed by atoms with Crippen LogP contribution in [0.15, 0.2) is 65.2 Å². The van der Waals surface area contributed by atoms with Crippen LogP contribution in [0.1, 0.15) is 42.6 Å². The second kappa shape index (κ2) is 9.85. The number of nitrogens with zero attached hydrogens (tertiary/aromatic N) is 2. The number of thiophene rings is 1. The Hall–Kier alpha value is -3.75. The molecule has 0 unspecified atom stereocenters. The molecular weight excluding hydrogens is 460 g/mol. The van der Waals surface area contributed by atoms with Crippen molar-refractivity contribution in [3.63, 3.8) is 0 Å². The lowest BCUT2D eigenvalue weighted by molar-refractivity contribution is 0.0954. The lowest BCUT2D eigenvalue weighted by atomic mass is 9.99. The van der Waals surface area contributed by atoms with E-state index in [2.05, 4.69) is 39.7 Å². The van der Waals surface area contributed by atoms with Crippen LogP contribution in [0.25, 0.3) is 10.6 Å². The van der Waals surface area contributed by atoms with Gasteiger partial charge in [0.25, 0.3) is 11.8 Å². The van der Waals surface area contributed by atoms with E-state index in [1.54, 1.807) is 31.3 Å². The van der Waals surface area contributed by atoms with Gasteiger partial charge in [0.15, 0.2) is 11.7 Å². The Kier molecular flexibility index (Phi) is 6.48. The first-order chi connectivity index (χ1) is 16.9. The molecule has 1 aliphatic heterocycles. The van der Waals surface area contributed by atoms with E-state index in [4.69, 9.17) is 4.42 Å². The number of likely N-dealkylation sites (N-methyl/N-ethyl adjacent to an activating group) is 1. The second-order valence-corrected chi connectivity index (χ2v) is 9.80. The van der Waals surface area contributed by atoms with Crippen LogP contribution >= 0.6 is 11.3 Å². The highest BCUT2D eigenvalue weighted by molar-refractivity contribution is 7.17. The Bertz CT molecular complexity index is 1390. The number of aromatic nitrogens is 1. The van der Waals surface area contributed by atoms with E-state index in [0.717, 1.165) is 35.6 Å². The zero-order chi connectivity index (χ0) is 24.4. The molecule has 3 heterocycles. The minimum atomic E-state index is -0.175. The van der Waals surface area contributed by atoms with E-state index in [-0.39, 0.29) is 11.8 Å². The summed E-state index contributed by atoms with van der Waals surface area (Å²) in [6.45, 7) is 4.04. The van der Waals surface area contributed by atoms with Crippen LogP contribution in [0.5, 0.6) is 0 Å². The number of fused-ring (bicyclic) bond motifs is 1. The summed E-state index contributed by atoms with van der Waals surface area (Å²) < 4.78 is 5.53. The summed E-state index contributed by atoms with van der Waals surface area (Å²) >= 11 is 1.35. The van der Waals surface area contributed by atoms with Crippen molar-refractivity contribution in [3.8, 4) is 10.6 Å². The smallest absolute Gasteiger partial charge is 0.261 e. The van der Waals surface area contributed by atoms with Gasteiger partial charge in [-0.25, -0.2) is 4.98 Å². The van der Waals surface area contributed by atoms with E-state index in [0.29, 0.717) is 28.6 Å². The molecule has 0 bridgehead atoms. The molecule has 0 radical (unpaired) electrons. The molecule has 2 amide bonds. The van der Waals surface area contributed by atoms with Crippen LogP contribution in [0.4, 0.5) is 5.69 Å². The molecule has 2 N–H and O–H groups in total. The Morgan fingerprint density at radius 1 is 1.09 bits per heavy atom. The molecule has 2 aromatic carbocycles. The van der Waals surface area contributed by atoms with Crippen LogP contribution in [-0.4, -0.2) is 35.3 Å².